The molecule has 3 N–H and O–H groups in total. The molecule has 1 amide bonds. The second-order valence-corrected chi connectivity index (χ2v) is 4.45. The third-order valence-corrected chi connectivity index (χ3v) is 2.79. The number of nitrogens with two attached hydrogens (primary N) is 1. The second-order valence-electron chi connectivity index (χ2n) is 4.45. The fourth-order valence-corrected chi connectivity index (χ4v) is 1.64. The summed E-state index contributed by atoms with van der Waals surface area (Å²) in [6, 6.07) is -0.308. The number of hydrogen-bond donors (Lipinski definition) is 2. The van der Waals surface area contributed by atoms with E-state index in [1.165, 1.54) is 25.7 Å². The van der Waals surface area contributed by atoms with Gasteiger partial charge < -0.3 is 11.1 Å². The maximum atomic E-state index is 11.5. The van der Waals surface area contributed by atoms with Gasteiger partial charge in [-0.3, -0.25) is 4.79 Å². The molecule has 0 aromatic heterocycles. The predicted octanol–water partition coefficient (Wildman–Crippen LogP) is 2.59. The van der Waals surface area contributed by atoms with Crippen LogP contribution in [0.3, 0.4) is 0 Å². The lowest BCUT2D eigenvalue weighted by atomic mass is 10.1. The van der Waals surface area contributed by atoms with Crippen molar-refractivity contribution in [3.63, 3.8) is 0 Å². The van der Waals surface area contributed by atoms with Crippen molar-refractivity contribution in [3.05, 3.63) is 0 Å². The Kier molecular flexibility index (Phi) is 10.5. The van der Waals surface area contributed by atoms with Crippen molar-refractivity contribution < 1.29 is 4.79 Å². The Morgan fingerprint density at radius 1 is 1.06 bits per heavy atom. The fourth-order valence-electron chi connectivity index (χ4n) is 1.64. The first-order valence-electron chi connectivity index (χ1n) is 6.75. The molecule has 0 spiro atoms. The van der Waals surface area contributed by atoms with Crippen LogP contribution in [0.5, 0.6) is 0 Å². The quantitative estimate of drug-likeness (QED) is 0.565. The van der Waals surface area contributed by atoms with Crippen molar-refractivity contribution in [2.24, 2.45) is 5.73 Å². The fraction of sp³-hybridized carbons (Fsp3) is 0.923. The molecule has 1 unspecified atom stereocenters. The van der Waals surface area contributed by atoms with Gasteiger partial charge in [-0.15, -0.1) is 0 Å². The van der Waals surface area contributed by atoms with Crippen molar-refractivity contribution in [3.8, 4) is 0 Å². The lowest BCUT2D eigenvalue weighted by molar-refractivity contribution is -0.122. The van der Waals surface area contributed by atoms with E-state index in [1.54, 1.807) is 0 Å². The van der Waals surface area contributed by atoms with E-state index in [1.807, 2.05) is 0 Å². The number of carbonyl (C=O) groups is 1. The SMILES string of the molecule is CCCCCCNC(=O)C(N)CCCCC. The Hall–Kier alpha value is -0.570. The zero-order valence-electron chi connectivity index (χ0n) is 10.9. The molecule has 96 valence electrons. The maximum Gasteiger partial charge on any atom is 0.236 e. The van der Waals surface area contributed by atoms with Crippen molar-refractivity contribution in [2.45, 2.75) is 71.3 Å². The molecule has 3 heteroatoms. The van der Waals surface area contributed by atoms with E-state index in [4.69, 9.17) is 5.73 Å². The summed E-state index contributed by atoms with van der Waals surface area (Å²) in [5, 5.41) is 2.90. The van der Waals surface area contributed by atoms with E-state index in [9.17, 15) is 4.79 Å². The molecule has 0 aliphatic carbocycles. The molecule has 0 aliphatic heterocycles. The predicted molar refractivity (Wildman–Crippen MR) is 69.3 cm³/mol. The highest BCUT2D eigenvalue weighted by atomic mass is 16.2. The molecule has 16 heavy (non-hydrogen) atoms. The number of amides is 1. The molecular formula is C13H28N2O. The van der Waals surface area contributed by atoms with Crippen LogP contribution >= 0.6 is 0 Å². The average Bonchev–Trinajstić information content (AvgIpc) is 2.28. The first kappa shape index (κ1) is 15.4. The zero-order valence-corrected chi connectivity index (χ0v) is 10.9. The van der Waals surface area contributed by atoms with Crippen molar-refractivity contribution in [2.75, 3.05) is 6.54 Å². The molecule has 0 heterocycles. The van der Waals surface area contributed by atoms with Crippen molar-refractivity contribution in [1.29, 1.82) is 0 Å². The molecule has 3 nitrogen and oxygen atoms in total. The summed E-state index contributed by atoms with van der Waals surface area (Å²) >= 11 is 0. The van der Waals surface area contributed by atoms with E-state index in [2.05, 4.69) is 19.2 Å². The lowest BCUT2D eigenvalue weighted by Gasteiger charge is -2.11. The smallest absolute Gasteiger partial charge is 0.236 e. The van der Waals surface area contributed by atoms with E-state index < -0.39 is 0 Å². The van der Waals surface area contributed by atoms with Gasteiger partial charge in [0.25, 0.3) is 0 Å². The molecule has 0 aromatic carbocycles. The van der Waals surface area contributed by atoms with Crippen LogP contribution in [0.2, 0.25) is 0 Å². The third-order valence-electron chi connectivity index (χ3n) is 2.79. The van der Waals surface area contributed by atoms with Gasteiger partial charge in [-0.2, -0.15) is 0 Å². The Labute approximate surface area is 100 Å². The topological polar surface area (TPSA) is 55.1 Å². The minimum absolute atomic E-state index is 0.0209. The summed E-state index contributed by atoms with van der Waals surface area (Å²) in [6.45, 7) is 5.11. The first-order chi connectivity index (χ1) is 7.72. The number of rotatable bonds is 10. The minimum atomic E-state index is -0.308. The Bertz CT molecular complexity index is 171. The zero-order chi connectivity index (χ0) is 12.2. The highest BCUT2D eigenvalue weighted by Crippen LogP contribution is 2.02. The number of unbranched alkanes of at least 4 members (excludes halogenated alkanes) is 5. The summed E-state index contributed by atoms with van der Waals surface area (Å²) < 4.78 is 0. The molecule has 0 radical (unpaired) electrons. The Balaban J connectivity index is 3.40. The molecule has 0 saturated heterocycles. The normalized spacial score (nSPS) is 12.4. The van der Waals surface area contributed by atoms with Crippen LogP contribution in [0, 0.1) is 0 Å². The minimum Gasteiger partial charge on any atom is -0.355 e. The van der Waals surface area contributed by atoms with Gasteiger partial charge >= 0.3 is 0 Å². The average molecular weight is 228 g/mol. The standard InChI is InChI=1S/C13H28N2O/c1-3-5-7-9-11-15-13(16)12(14)10-8-6-4-2/h12H,3-11,14H2,1-2H3,(H,15,16). The van der Waals surface area contributed by atoms with Crippen molar-refractivity contribution >= 4 is 5.91 Å². The lowest BCUT2D eigenvalue weighted by Crippen LogP contribution is -2.40. The number of hydrogen-bond acceptors (Lipinski definition) is 2. The van der Waals surface area contributed by atoms with Gasteiger partial charge in [-0.1, -0.05) is 52.4 Å². The highest BCUT2D eigenvalue weighted by Gasteiger charge is 2.11. The van der Waals surface area contributed by atoms with E-state index in [0.29, 0.717) is 0 Å². The summed E-state index contributed by atoms with van der Waals surface area (Å²) in [5.74, 6) is 0.0209. The molecule has 0 fully saturated rings. The van der Waals surface area contributed by atoms with Gasteiger partial charge in [0.05, 0.1) is 6.04 Å². The monoisotopic (exact) mass is 228 g/mol. The van der Waals surface area contributed by atoms with Gasteiger partial charge in [-0.25, -0.2) is 0 Å². The molecule has 0 aliphatic rings. The van der Waals surface area contributed by atoms with Crippen LogP contribution in [0.25, 0.3) is 0 Å². The molecule has 0 saturated carbocycles. The molecule has 0 bridgehead atoms. The Morgan fingerprint density at radius 3 is 2.31 bits per heavy atom. The van der Waals surface area contributed by atoms with Gasteiger partial charge in [-0.05, 0) is 12.8 Å². The van der Waals surface area contributed by atoms with Crippen LogP contribution in [-0.2, 0) is 4.79 Å². The maximum absolute atomic E-state index is 11.5. The summed E-state index contributed by atoms with van der Waals surface area (Å²) in [5.41, 5.74) is 5.79. The summed E-state index contributed by atoms with van der Waals surface area (Å²) in [6.07, 6.45) is 8.95. The highest BCUT2D eigenvalue weighted by molar-refractivity contribution is 5.81. The van der Waals surface area contributed by atoms with E-state index in [-0.39, 0.29) is 11.9 Å². The van der Waals surface area contributed by atoms with Crippen LogP contribution in [0.1, 0.15) is 65.2 Å². The Morgan fingerprint density at radius 2 is 1.69 bits per heavy atom. The van der Waals surface area contributed by atoms with Gasteiger partial charge in [0, 0.05) is 6.54 Å². The van der Waals surface area contributed by atoms with E-state index >= 15 is 0 Å². The second kappa shape index (κ2) is 10.9. The van der Waals surface area contributed by atoms with Crippen LogP contribution in [0.15, 0.2) is 0 Å². The molecule has 0 rings (SSSR count). The molecular weight excluding hydrogens is 200 g/mol. The van der Waals surface area contributed by atoms with Crippen molar-refractivity contribution in [1.82, 2.24) is 5.32 Å². The molecule has 0 aromatic rings. The largest absolute Gasteiger partial charge is 0.355 e. The summed E-state index contributed by atoms with van der Waals surface area (Å²) in [7, 11) is 0. The van der Waals surface area contributed by atoms with Crippen LogP contribution < -0.4 is 11.1 Å². The number of carbonyl (C=O) groups excluding carboxylic acids is 1. The summed E-state index contributed by atoms with van der Waals surface area (Å²) in [4.78, 5) is 11.5. The first-order valence-corrected chi connectivity index (χ1v) is 6.75. The van der Waals surface area contributed by atoms with Gasteiger partial charge in [0.1, 0.15) is 0 Å². The van der Waals surface area contributed by atoms with E-state index in [0.717, 1.165) is 32.2 Å². The van der Waals surface area contributed by atoms with Gasteiger partial charge in [0.2, 0.25) is 5.91 Å². The van der Waals surface area contributed by atoms with Crippen LogP contribution in [0.4, 0.5) is 0 Å². The van der Waals surface area contributed by atoms with Crippen LogP contribution in [-0.4, -0.2) is 18.5 Å². The number of nitrogens with one attached hydrogen (secondary N) is 1. The third kappa shape index (κ3) is 8.72. The molecule has 1 atom stereocenters. The van der Waals surface area contributed by atoms with Gasteiger partial charge in [0.15, 0.2) is 0 Å².